The minimum absolute atomic E-state index is 0.895. The molecule has 1 aromatic heterocycles. The number of furan rings is 1. The molecule has 11 aromatic rings. The van der Waals surface area contributed by atoms with E-state index in [0.29, 0.717) is 0 Å². The summed E-state index contributed by atoms with van der Waals surface area (Å²) in [6.45, 7) is 0. The Morgan fingerprint density at radius 2 is 0.817 bits per heavy atom. The molecule has 0 saturated carbocycles. The molecule has 282 valence electrons. The Bertz CT molecular complexity index is 3290. The highest BCUT2D eigenvalue weighted by atomic mass is 16.3. The van der Waals surface area contributed by atoms with Crippen LogP contribution in [0.15, 0.2) is 241 Å². The van der Waals surface area contributed by atoms with E-state index in [1.54, 1.807) is 0 Å². The van der Waals surface area contributed by atoms with Gasteiger partial charge in [-0.2, -0.15) is 0 Å². The van der Waals surface area contributed by atoms with Crippen LogP contribution in [0.5, 0.6) is 0 Å². The van der Waals surface area contributed by atoms with Gasteiger partial charge in [0.15, 0.2) is 0 Å². The number of hydrogen-bond acceptors (Lipinski definition) is 2. The first kappa shape index (κ1) is 35.2. The van der Waals surface area contributed by atoms with Gasteiger partial charge < -0.3 is 9.32 Å². The van der Waals surface area contributed by atoms with Crippen molar-refractivity contribution in [3.8, 4) is 55.6 Å². The van der Waals surface area contributed by atoms with Gasteiger partial charge in [0.25, 0.3) is 0 Å². The molecule has 0 saturated heterocycles. The molecule has 0 amide bonds. The Morgan fingerprint density at radius 3 is 1.57 bits per heavy atom. The highest BCUT2D eigenvalue weighted by Gasteiger charge is 2.21. The van der Waals surface area contributed by atoms with Crippen molar-refractivity contribution in [2.45, 2.75) is 0 Å². The lowest BCUT2D eigenvalue weighted by atomic mass is 9.90. The molecule has 2 heteroatoms. The summed E-state index contributed by atoms with van der Waals surface area (Å²) in [7, 11) is 0. The number of fused-ring (bicyclic) bond motifs is 4. The van der Waals surface area contributed by atoms with E-state index in [1.807, 2.05) is 12.1 Å². The SMILES string of the molecule is c1ccc(-c2ccc(-c3ccc(N(c4cccc(-c5cccc6c5oc5ccccc56)c4)c4ccccc4-c4cccc5cccc(-c6ccccc6)c45)cc3)cc2)cc1. The van der Waals surface area contributed by atoms with Gasteiger partial charge in [-0.05, 0) is 91.7 Å². The lowest BCUT2D eigenvalue weighted by molar-refractivity contribution is 0.670. The molecule has 0 aliphatic carbocycles. The van der Waals surface area contributed by atoms with E-state index < -0.39 is 0 Å². The van der Waals surface area contributed by atoms with Gasteiger partial charge in [-0.15, -0.1) is 0 Å². The van der Waals surface area contributed by atoms with Gasteiger partial charge in [0.2, 0.25) is 0 Å². The summed E-state index contributed by atoms with van der Waals surface area (Å²) in [4.78, 5) is 2.41. The fourth-order valence-electron chi connectivity index (χ4n) is 8.82. The number of benzene rings is 10. The van der Waals surface area contributed by atoms with E-state index in [-0.39, 0.29) is 0 Å². The van der Waals surface area contributed by atoms with Crippen molar-refractivity contribution in [2.24, 2.45) is 0 Å². The Labute approximate surface area is 349 Å². The van der Waals surface area contributed by atoms with Crippen LogP contribution >= 0.6 is 0 Å². The second-order valence-corrected chi connectivity index (χ2v) is 15.2. The molecule has 1 heterocycles. The highest BCUT2D eigenvalue weighted by Crippen LogP contribution is 2.46. The van der Waals surface area contributed by atoms with E-state index >= 15 is 0 Å². The first-order chi connectivity index (χ1) is 29.8. The van der Waals surface area contributed by atoms with Crippen molar-refractivity contribution in [1.82, 2.24) is 0 Å². The molecule has 0 spiro atoms. The summed E-state index contributed by atoms with van der Waals surface area (Å²) in [6.07, 6.45) is 0. The van der Waals surface area contributed by atoms with Crippen LogP contribution in [0.25, 0.3) is 88.3 Å². The highest BCUT2D eigenvalue weighted by molar-refractivity contribution is 6.11. The standard InChI is InChI=1S/C58H39NO/c1-3-15-40(16-4-1)41-31-33-42(34-32-41)43-35-37-47(38-36-43)59(48-22-11-21-46(39-48)50-26-14-28-54-52-24-8-10-30-56(52)60-58(50)54)55-29-9-7-23-51(55)53-27-13-20-45-19-12-25-49(57(45)53)44-17-5-2-6-18-44/h1-39H. The van der Waals surface area contributed by atoms with E-state index in [4.69, 9.17) is 4.42 Å². The van der Waals surface area contributed by atoms with Crippen LogP contribution in [-0.2, 0) is 0 Å². The largest absolute Gasteiger partial charge is 0.455 e. The topological polar surface area (TPSA) is 16.4 Å². The number of hydrogen-bond donors (Lipinski definition) is 0. The number of anilines is 3. The Kier molecular flexibility index (Phi) is 8.87. The average Bonchev–Trinajstić information content (AvgIpc) is 3.72. The van der Waals surface area contributed by atoms with Gasteiger partial charge in [0, 0.05) is 33.3 Å². The Balaban J connectivity index is 1.08. The smallest absolute Gasteiger partial charge is 0.143 e. The van der Waals surface area contributed by atoms with Crippen molar-refractivity contribution in [2.75, 3.05) is 4.90 Å². The third-order valence-electron chi connectivity index (χ3n) is 11.7. The summed E-state index contributed by atoms with van der Waals surface area (Å²) in [5, 5.41) is 4.69. The van der Waals surface area contributed by atoms with Gasteiger partial charge in [-0.3, -0.25) is 0 Å². The van der Waals surface area contributed by atoms with Crippen LogP contribution in [0.2, 0.25) is 0 Å². The molecular formula is C58H39NO. The normalized spacial score (nSPS) is 11.3. The van der Waals surface area contributed by atoms with Crippen LogP contribution in [0.4, 0.5) is 17.1 Å². The number of rotatable bonds is 8. The fraction of sp³-hybridized carbons (Fsp3) is 0. The van der Waals surface area contributed by atoms with E-state index in [1.165, 1.54) is 49.7 Å². The predicted octanol–water partition coefficient (Wildman–Crippen LogP) is 16.5. The van der Waals surface area contributed by atoms with E-state index in [9.17, 15) is 0 Å². The summed E-state index contributed by atoms with van der Waals surface area (Å²) in [5.41, 5.74) is 16.7. The molecule has 0 bridgehead atoms. The molecule has 0 radical (unpaired) electrons. The van der Waals surface area contributed by atoms with Crippen molar-refractivity contribution < 1.29 is 4.42 Å². The molecule has 11 rings (SSSR count). The van der Waals surface area contributed by atoms with Gasteiger partial charge in [0.1, 0.15) is 11.2 Å². The molecule has 10 aromatic carbocycles. The monoisotopic (exact) mass is 765 g/mol. The van der Waals surface area contributed by atoms with Crippen LogP contribution in [0.3, 0.4) is 0 Å². The minimum Gasteiger partial charge on any atom is -0.455 e. The fourth-order valence-corrected chi connectivity index (χ4v) is 8.82. The average molecular weight is 766 g/mol. The van der Waals surface area contributed by atoms with Crippen LogP contribution in [0.1, 0.15) is 0 Å². The number of para-hydroxylation sites is 3. The first-order valence-electron chi connectivity index (χ1n) is 20.5. The van der Waals surface area contributed by atoms with Gasteiger partial charge in [-0.1, -0.05) is 200 Å². The zero-order valence-electron chi connectivity index (χ0n) is 32.9. The number of nitrogens with zero attached hydrogens (tertiary/aromatic N) is 1. The zero-order valence-corrected chi connectivity index (χ0v) is 32.9. The van der Waals surface area contributed by atoms with Gasteiger partial charge in [0.05, 0.1) is 5.69 Å². The molecule has 0 aliphatic heterocycles. The quantitative estimate of drug-likeness (QED) is 0.153. The second kappa shape index (κ2) is 15.1. The maximum atomic E-state index is 6.55. The third-order valence-corrected chi connectivity index (χ3v) is 11.7. The lowest BCUT2D eigenvalue weighted by Crippen LogP contribution is -2.11. The predicted molar refractivity (Wildman–Crippen MR) is 253 cm³/mol. The maximum Gasteiger partial charge on any atom is 0.143 e. The second-order valence-electron chi connectivity index (χ2n) is 15.2. The summed E-state index contributed by atoms with van der Waals surface area (Å²) >= 11 is 0. The van der Waals surface area contributed by atoms with E-state index in [2.05, 4.69) is 229 Å². The molecule has 0 aliphatic rings. The lowest BCUT2D eigenvalue weighted by Gasteiger charge is -2.29. The van der Waals surface area contributed by atoms with Crippen molar-refractivity contribution in [3.05, 3.63) is 237 Å². The Morgan fingerprint density at radius 1 is 0.300 bits per heavy atom. The molecule has 0 N–H and O–H groups in total. The van der Waals surface area contributed by atoms with Gasteiger partial charge in [-0.25, -0.2) is 0 Å². The molecule has 0 fully saturated rings. The first-order valence-corrected chi connectivity index (χ1v) is 20.5. The zero-order chi connectivity index (χ0) is 39.8. The minimum atomic E-state index is 0.895. The molecule has 0 atom stereocenters. The molecular weight excluding hydrogens is 727 g/mol. The van der Waals surface area contributed by atoms with Crippen LogP contribution < -0.4 is 4.90 Å². The van der Waals surface area contributed by atoms with Gasteiger partial charge >= 0.3 is 0 Å². The van der Waals surface area contributed by atoms with Crippen molar-refractivity contribution in [1.29, 1.82) is 0 Å². The summed E-state index contributed by atoms with van der Waals surface area (Å²) < 4.78 is 6.55. The maximum absolute atomic E-state index is 6.55. The summed E-state index contributed by atoms with van der Waals surface area (Å²) in [6, 6.07) is 84.9. The van der Waals surface area contributed by atoms with Crippen LogP contribution in [0, 0.1) is 0 Å². The Hall–Kier alpha value is -7.94. The van der Waals surface area contributed by atoms with Crippen LogP contribution in [-0.4, -0.2) is 0 Å². The molecule has 60 heavy (non-hydrogen) atoms. The van der Waals surface area contributed by atoms with Crippen molar-refractivity contribution in [3.63, 3.8) is 0 Å². The molecule has 2 nitrogen and oxygen atoms in total. The molecule has 0 unspecified atom stereocenters. The summed E-state index contributed by atoms with van der Waals surface area (Å²) in [5.74, 6) is 0. The van der Waals surface area contributed by atoms with Crippen molar-refractivity contribution >= 4 is 49.8 Å². The third kappa shape index (κ3) is 6.32. The van der Waals surface area contributed by atoms with E-state index in [0.717, 1.165) is 55.7 Å².